The number of fused-ring (bicyclic) bond motifs is 1. The Morgan fingerprint density at radius 3 is 2.86 bits per heavy atom. The van der Waals surface area contributed by atoms with Crippen LogP contribution in [0.1, 0.15) is 6.92 Å². The van der Waals surface area contributed by atoms with Gasteiger partial charge in [-0.2, -0.15) is 0 Å². The van der Waals surface area contributed by atoms with Gasteiger partial charge >= 0.3 is 6.09 Å². The molecule has 0 bridgehead atoms. The quantitative estimate of drug-likeness (QED) is 0.729. The number of cyclic esters (lactones) is 1. The number of benzene rings is 1. The zero-order valence-electron chi connectivity index (χ0n) is 15.8. The average molecular weight is 392 g/mol. The van der Waals surface area contributed by atoms with Crippen LogP contribution < -0.4 is 15.1 Å². The fourth-order valence-corrected chi connectivity index (χ4v) is 4.34. The van der Waals surface area contributed by atoms with Gasteiger partial charge in [0.05, 0.1) is 31.1 Å². The number of carbonyl (C=O) groups is 2. The van der Waals surface area contributed by atoms with Crippen LogP contribution in [0.25, 0.3) is 0 Å². The second kappa shape index (κ2) is 7.56. The zero-order chi connectivity index (χ0) is 19.8. The van der Waals surface area contributed by atoms with Crippen molar-refractivity contribution in [1.29, 1.82) is 0 Å². The SMILES string of the molecule is CC(=O)NC[C@H]1CN(c2ccc(N3C[C@@H]4CN(CCO)[C@@H]4C3)c(F)c2)C(=O)O1. The summed E-state index contributed by atoms with van der Waals surface area (Å²) in [7, 11) is 0. The van der Waals surface area contributed by atoms with E-state index in [9.17, 15) is 14.0 Å². The minimum atomic E-state index is -0.540. The van der Waals surface area contributed by atoms with E-state index in [-0.39, 0.29) is 31.4 Å². The Balaban J connectivity index is 1.41. The molecule has 28 heavy (non-hydrogen) atoms. The van der Waals surface area contributed by atoms with E-state index in [1.165, 1.54) is 17.9 Å². The van der Waals surface area contributed by atoms with Crippen molar-refractivity contribution in [2.45, 2.75) is 19.1 Å². The van der Waals surface area contributed by atoms with Gasteiger partial charge in [0.1, 0.15) is 11.9 Å². The van der Waals surface area contributed by atoms with E-state index in [0.717, 1.165) is 19.6 Å². The largest absolute Gasteiger partial charge is 0.442 e. The molecule has 2 amide bonds. The molecule has 3 aliphatic rings. The van der Waals surface area contributed by atoms with E-state index in [2.05, 4.69) is 10.2 Å². The highest BCUT2D eigenvalue weighted by molar-refractivity contribution is 5.90. The molecular weight excluding hydrogens is 367 g/mol. The van der Waals surface area contributed by atoms with Crippen molar-refractivity contribution in [2.24, 2.45) is 5.92 Å². The summed E-state index contributed by atoms with van der Waals surface area (Å²) >= 11 is 0. The summed E-state index contributed by atoms with van der Waals surface area (Å²) in [5.41, 5.74) is 0.977. The standard InChI is InChI=1S/C19H25FN4O4/c1-12(26)21-7-15-10-24(19(27)28-15)14-2-3-17(16(20)6-14)23-9-13-8-22(4-5-25)18(13)11-23/h2-3,6,13,15,18,25H,4-5,7-11H2,1H3,(H,21,26)/t13-,15-,18+/m0/s1. The van der Waals surface area contributed by atoms with Crippen LogP contribution in [0.5, 0.6) is 0 Å². The van der Waals surface area contributed by atoms with Gasteiger partial charge in [-0.05, 0) is 18.2 Å². The minimum absolute atomic E-state index is 0.140. The fraction of sp³-hybridized carbons (Fsp3) is 0.579. The molecule has 8 nitrogen and oxygen atoms in total. The number of nitrogens with one attached hydrogen (secondary N) is 1. The molecule has 0 unspecified atom stereocenters. The van der Waals surface area contributed by atoms with Gasteiger partial charge in [-0.25, -0.2) is 9.18 Å². The maximum atomic E-state index is 14.8. The maximum Gasteiger partial charge on any atom is 0.414 e. The third-order valence-electron chi connectivity index (χ3n) is 5.77. The Kier molecular flexibility index (Phi) is 5.11. The van der Waals surface area contributed by atoms with Gasteiger partial charge in [-0.1, -0.05) is 0 Å². The van der Waals surface area contributed by atoms with Gasteiger partial charge in [0, 0.05) is 45.1 Å². The molecule has 0 aliphatic carbocycles. The Morgan fingerprint density at radius 2 is 2.14 bits per heavy atom. The first-order valence-electron chi connectivity index (χ1n) is 9.58. The second-order valence-corrected chi connectivity index (χ2v) is 7.64. The Bertz CT molecular complexity index is 776. The van der Waals surface area contributed by atoms with Gasteiger partial charge in [-0.3, -0.25) is 14.6 Å². The molecule has 4 rings (SSSR count). The van der Waals surface area contributed by atoms with E-state index in [4.69, 9.17) is 9.84 Å². The van der Waals surface area contributed by atoms with Crippen LogP contribution in [0.4, 0.5) is 20.6 Å². The van der Waals surface area contributed by atoms with Crippen LogP contribution in [0.3, 0.4) is 0 Å². The van der Waals surface area contributed by atoms with Crippen molar-refractivity contribution in [3.63, 3.8) is 0 Å². The molecule has 2 N–H and O–H groups in total. The molecule has 0 aromatic heterocycles. The number of nitrogens with zero attached hydrogens (tertiary/aromatic N) is 3. The highest BCUT2D eigenvalue weighted by Gasteiger charge is 2.45. The van der Waals surface area contributed by atoms with Crippen molar-refractivity contribution < 1.29 is 23.8 Å². The van der Waals surface area contributed by atoms with Crippen molar-refractivity contribution in [1.82, 2.24) is 10.2 Å². The summed E-state index contributed by atoms with van der Waals surface area (Å²) in [6.07, 6.45) is -0.993. The number of β-amino-alcohol motifs (C(OH)–C–C–N with tert-alkyl or cyclic N) is 1. The number of aliphatic hydroxyl groups is 1. The van der Waals surface area contributed by atoms with Crippen LogP contribution in [-0.4, -0.2) is 80.0 Å². The summed E-state index contributed by atoms with van der Waals surface area (Å²) in [4.78, 5) is 28.8. The lowest BCUT2D eigenvalue weighted by Crippen LogP contribution is -2.56. The topological polar surface area (TPSA) is 85.4 Å². The van der Waals surface area contributed by atoms with Crippen LogP contribution in [0.15, 0.2) is 18.2 Å². The third-order valence-corrected chi connectivity index (χ3v) is 5.77. The molecule has 3 fully saturated rings. The number of aliphatic hydroxyl groups excluding tert-OH is 1. The summed E-state index contributed by atoms with van der Waals surface area (Å²) in [5.74, 6) is -0.0543. The first kappa shape index (κ1) is 18.9. The number of halogens is 1. The minimum Gasteiger partial charge on any atom is -0.442 e. The van der Waals surface area contributed by atoms with Crippen LogP contribution in [0.2, 0.25) is 0 Å². The molecule has 3 atom stereocenters. The molecule has 1 aromatic carbocycles. The third kappa shape index (κ3) is 3.51. The van der Waals surface area contributed by atoms with Gasteiger partial charge in [0.15, 0.2) is 0 Å². The Morgan fingerprint density at radius 1 is 1.32 bits per heavy atom. The molecule has 1 aromatic rings. The highest BCUT2D eigenvalue weighted by Crippen LogP contribution is 2.36. The zero-order valence-corrected chi connectivity index (χ0v) is 15.8. The molecule has 3 saturated heterocycles. The van der Waals surface area contributed by atoms with E-state index < -0.39 is 12.2 Å². The smallest absolute Gasteiger partial charge is 0.414 e. The lowest BCUT2D eigenvalue weighted by Gasteiger charge is -2.43. The molecule has 0 saturated carbocycles. The van der Waals surface area contributed by atoms with Gasteiger partial charge in [0.25, 0.3) is 0 Å². The van der Waals surface area contributed by atoms with Gasteiger partial charge < -0.3 is 20.1 Å². The Labute approximate surface area is 162 Å². The molecule has 0 radical (unpaired) electrons. The van der Waals surface area contributed by atoms with Crippen LogP contribution >= 0.6 is 0 Å². The predicted molar refractivity (Wildman–Crippen MR) is 101 cm³/mol. The second-order valence-electron chi connectivity index (χ2n) is 7.64. The van der Waals surface area contributed by atoms with Crippen LogP contribution in [-0.2, 0) is 9.53 Å². The van der Waals surface area contributed by atoms with Crippen molar-refractivity contribution in [2.75, 3.05) is 55.7 Å². The lowest BCUT2D eigenvalue weighted by molar-refractivity contribution is -0.119. The average Bonchev–Trinajstić information content (AvgIpc) is 3.18. The maximum absolute atomic E-state index is 14.8. The van der Waals surface area contributed by atoms with Crippen LogP contribution in [0, 0.1) is 11.7 Å². The Hall–Kier alpha value is -2.39. The first-order valence-corrected chi connectivity index (χ1v) is 9.58. The van der Waals surface area contributed by atoms with Crippen molar-refractivity contribution in [3.05, 3.63) is 24.0 Å². The predicted octanol–water partition coefficient (Wildman–Crippen LogP) is 0.400. The molecular formula is C19H25FN4O4. The molecule has 3 heterocycles. The number of carbonyl (C=O) groups excluding carboxylic acids is 2. The summed E-state index contributed by atoms with van der Waals surface area (Å²) in [6.45, 7) is 5.18. The highest BCUT2D eigenvalue weighted by atomic mass is 19.1. The first-order chi connectivity index (χ1) is 13.5. The molecule has 9 heteroatoms. The monoisotopic (exact) mass is 392 g/mol. The molecule has 3 aliphatic heterocycles. The normalized spacial score (nSPS) is 26.8. The van der Waals surface area contributed by atoms with Crippen molar-refractivity contribution >= 4 is 23.4 Å². The molecule has 0 spiro atoms. The van der Waals surface area contributed by atoms with Gasteiger partial charge in [-0.15, -0.1) is 0 Å². The summed E-state index contributed by atoms with van der Waals surface area (Å²) < 4.78 is 20.1. The number of hydrogen-bond acceptors (Lipinski definition) is 6. The number of hydrogen-bond donors (Lipinski definition) is 2. The summed E-state index contributed by atoms with van der Waals surface area (Å²) in [6, 6.07) is 5.17. The number of ether oxygens (including phenoxy) is 1. The van der Waals surface area contributed by atoms with E-state index >= 15 is 0 Å². The van der Waals surface area contributed by atoms with Gasteiger partial charge in [0.2, 0.25) is 5.91 Å². The number of anilines is 2. The number of likely N-dealkylation sites (tertiary alicyclic amines) is 1. The number of rotatable bonds is 6. The molecule has 152 valence electrons. The van der Waals surface area contributed by atoms with E-state index in [0.29, 0.717) is 29.9 Å². The van der Waals surface area contributed by atoms with Crippen molar-refractivity contribution in [3.8, 4) is 0 Å². The van der Waals surface area contributed by atoms with E-state index in [1.807, 2.05) is 4.90 Å². The number of amides is 2. The van der Waals surface area contributed by atoms with E-state index in [1.54, 1.807) is 12.1 Å². The lowest BCUT2D eigenvalue weighted by atomic mass is 9.92. The summed E-state index contributed by atoms with van der Waals surface area (Å²) in [5, 5.41) is 11.7. The fourth-order valence-electron chi connectivity index (χ4n) is 4.34.